The van der Waals surface area contributed by atoms with E-state index in [-0.39, 0.29) is 0 Å². The Bertz CT molecular complexity index is 543. The Hall–Kier alpha value is -1.06. The maximum Gasteiger partial charge on any atom is 0.136 e. The number of hydrogen-bond acceptors (Lipinski definition) is 3. The zero-order valence-corrected chi connectivity index (χ0v) is 12.1. The van der Waals surface area contributed by atoms with Gasteiger partial charge in [-0.05, 0) is 18.9 Å². The van der Waals surface area contributed by atoms with Crippen molar-refractivity contribution in [3.63, 3.8) is 0 Å². The summed E-state index contributed by atoms with van der Waals surface area (Å²) in [5.74, 6) is 0.905. The van der Waals surface area contributed by atoms with Crippen molar-refractivity contribution in [1.29, 1.82) is 0 Å². The van der Waals surface area contributed by atoms with Gasteiger partial charge in [-0.3, -0.25) is 0 Å². The molecule has 0 unspecified atom stereocenters. The molecule has 0 aliphatic rings. The molecule has 0 fully saturated rings. The van der Waals surface area contributed by atoms with Gasteiger partial charge in [-0.1, -0.05) is 48.4 Å². The topological polar surface area (TPSA) is 25.8 Å². The second-order valence-electron chi connectivity index (χ2n) is 4.08. The Morgan fingerprint density at radius 2 is 2.11 bits per heavy atom. The number of rotatable bonds is 4. The zero-order chi connectivity index (χ0) is 13.0. The standard InChI is InChI=1S/C14H15ClN2S/c1-3-12-13(15)16-9-17-14(12)18-8-11-6-4-5-10(2)7-11/h4-7,9H,3,8H2,1-2H3. The lowest BCUT2D eigenvalue weighted by atomic mass is 10.2. The SMILES string of the molecule is CCc1c(Cl)ncnc1SCc1cccc(C)c1. The first kappa shape index (κ1) is 13.4. The van der Waals surface area contributed by atoms with Gasteiger partial charge in [0.05, 0.1) is 0 Å². The van der Waals surface area contributed by atoms with Crippen LogP contribution in [0, 0.1) is 6.92 Å². The van der Waals surface area contributed by atoms with Gasteiger partial charge in [0, 0.05) is 11.3 Å². The van der Waals surface area contributed by atoms with Crippen LogP contribution in [0.1, 0.15) is 23.6 Å². The van der Waals surface area contributed by atoms with E-state index in [0.717, 1.165) is 22.8 Å². The van der Waals surface area contributed by atoms with Crippen molar-refractivity contribution in [3.05, 3.63) is 52.4 Å². The quantitative estimate of drug-likeness (QED) is 0.616. The van der Waals surface area contributed by atoms with E-state index in [1.807, 2.05) is 0 Å². The van der Waals surface area contributed by atoms with Gasteiger partial charge in [0.25, 0.3) is 0 Å². The molecule has 18 heavy (non-hydrogen) atoms. The molecule has 2 nitrogen and oxygen atoms in total. The van der Waals surface area contributed by atoms with Crippen molar-refractivity contribution in [1.82, 2.24) is 9.97 Å². The van der Waals surface area contributed by atoms with Crippen LogP contribution in [0.4, 0.5) is 0 Å². The van der Waals surface area contributed by atoms with Crippen LogP contribution in [-0.2, 0) is 12.2 Å². The minimum atomic E-state index is 0.569. The van der Waals surface area contributed by atoms with E-state index in [1.54, 1.807) is 11.8 Å². The van der Waals surface area contributed by atoms with Gasteiger partial charge in [0.15, 0.2) is 0 Å². The fraction of sp³-hybridized carbons (Fsp3) is 0.286. The largest absolute Gasteiger partial charge is 0.230 e. The lowest BCUT2D eigenvalue weighted by molar-refractivity contribution is 0.944. The van der Waals surface area contributed by atoms with Gasteiger partial charge in [-0.2, -0.15) is 0 Å². The van der Waals surface area contributed by atoms with Gasteiger partial charge in [0.2, 0.25) is 0 Å². The van der Waals surface area contributed by atoms with Crippen LogP contribution in [0.2, 0.25) is 5.15 Å². The molecule has 0 N–H and O–H groups in total. The second-order valence-corrected chi connectivity index (χ2v) is 5.40. The molecule has 0 aliphatic heterocycles. The lowest BCUT2D eigenvalue weighted by Gasteiger charge is -2.07. The van der Waals surface area contributed by atoms with Crippen molar-refractivity contribution < 1.29 is 0 Å². The van der Waals surface area contributed by atoms with Gasteiger partial charge >= 0.3 is 0 Å². The molecule has 0 saturated heterocycles. The number of thioether (sulfide) groups is 1. The molecule has 0 atom stereocenters. The summed E-state index contributed by atoms with van der Waals surface area (Å²) in [6.45, 7) is 4.18. The Balaban J connectivity index is 2.13. The molecule has 0 spiro atoms. The van der Waals surface area contributed by atoms with Crippen LogP contribution in [0.3, 0.4) is 0 Å². The molecule has 2 aromatic rings. The first-order chi connectivity index (χ1) is 8.70. The third-order valence-electron chi connectivity index (χ3n) is 2.66. The fourth-order valence-electron chi connectivity index (χ4n) is 1.75. The molecular weight excluding hydrogens is 264 g/mol. The highest BCUT2D eigenvalue weighted by Crippen LogP contribution is 2.27. The van der Waals surface area contributed by atoms with E-state index in [4.69, 9.17) is 11.6 Å². The molecule has 1 aromatic carbocycles. The van der Waals surface area contributed by atoms with E-state index >= 15 is 0 Å². The third-order valence-corrected chi connectivity index (χ3v) is 4.09. The Morgan fingerprint density at radius 3 is 2.83 bits per heavy atom. The van der Waals surface area contributed by atoms with Crippen molar-refractivity contribution in [2.45, 2.75) is 31.0 Å². The highest BCUT2D eigenvalue weighted by molar-refractivity contribution is 7.98. The van der Waals surface area contributed by atoms with Crippen LogP contribution in [-0.4, -0.2) is 9.97 Å². The average molecular weight is 279 g/mol. The Morgan fingerprint density at radius 1 is 1.28 bits per heavy atom. The molecule has 0 radical (unpaired) electrons. The molecule has 0 amide bonds. The van der Waals surface area contributed by atoms with E-state index in [9.17, 15) is 0 Å². The first-order valence-electron chi connectivity index (χ1n) is 5.88. The zero-order valence-electron chi connectivity index (χ0n) is 10.5. The maximum absolute atomic E-state index is 6.07. The summed E-state index contributed by atoms with van der Waals surface area (Å²) in [5.41, 5.74) is 3.62. The van der Waals surface area contributed by atoms with E-state index in [2.05, 4.69) is 48.1 Å². The fourth-order valence-corrected chi connectivity index (χ4v) is 3.09. The van der Waals surface area contributed by atoms with Crippen LogP contribution < -0.4 is 0 Å². The number of aromatic nitrogens is 2. The van der Waals surface area contributed by atoms with E-state index in [0.29, 0.717) is 5.15 Å². The second kappa shape index (κ2) is 6.21. The monoisotopic (exact) mass is 278 g/mol. The van der Waals surface area contributed by atoms with Crippen molar-refractivity contribution in [3.8, 4) is 0 Å². The summed E-state index contributed by atoms with van der Waals surface area (Å²) in [6.07, 6.45) is 2.38. The van der Waals surface area contributed by atoms with Crippen LogP contribution in [0.5, 0.6) is 0 Å². The summed E-state index contributed by atoms with van der Waals surface area (Å²) >= 11 is 7.78. The average Bonchev–Trinajstić information content (AvgIpc) is 2.36. The summed E-state index contributed by atoms with van der Waals surface area (Å²) in [5, 5.41) is 1.55. The Kier molecular flexibility index (Phi) is 4.61. The summed E-state index contributed by atoms with van der Waals surface area (Å²) < 4.78 is 0. The molecule has 2 rings (SSSR count). The van der Waals surface area contributed by atoms with Gasteiger partial charge in [0.1, 0.15) is 16.5 Å². The first-order valence-corrected chi connectivity index (χ1v) is 7.24. The van der Waals surface area contributed by atoms with Gasteiger partial charge in [-0.15, -0.1) is 11.8 Å². The summed E-state index contributed by atoms with van der Waals surface area (Å²) in [6, 6.07) is 8.52. The van der Waals surface area contributed by atoms with Crippen molar-refractivity contribution in [2.75, 3.05) is 0 Å². The predicted octanol–water partition coefficient (Wildman–Crippen LogP) is 4.29. The van der Waals surface area contributed by atoms with Crippen molar-refractivity contribution in [2.24, 2.45) is 0 Å². The molecule has 0 aliphatic carbocycles. The number of aryl methyl sites for hydroxylation is 1. The highest BCUT2D eigenvalue weighted by Gasteiger charge is 2.08. The number of nitrogens with zero attached hydrogens (tertiary/aromatic N) is 2. The maximum atomic E-state index is 6.07. The smallest absolute Gasteiger partial charge is 0.136 e. The third kappa shape index (κ3) is 3.24. The molecule has 1 aromatic heterocycles. The molecule has 1 heterocycles. The van der Waals surface area contributed by atoms with E-state index in [1.165, 1.54) is 17.5 Å². The van der Waals surface area contributed by atoms with Gasteiger partial charge < -0.3 is 0 Å². The van der Waals surface area contributed by atoms with E-state index < -0.39 is 0 Å². The molecular formula is C14H15ClN2S. The van der Waals surface area contributed by atoms with Crippen molar-refractivity contribution >= 4 is 23.4 Å². The predicted molar refractivity (Wildman–Crippen MR) is 77.2 cm³/mol. The summed E-state index contributed by atoms with van der Waals surface area (Å²) in [4.78, 5) is 8.34. The number of benzene rings is 1. The molecule has 0 saturated carbocycles. The normalized spacial score (nSPS) is 10.6. The van der Waals surface area contributed by atoms with Crippen LogP contribution in [0.25, 0.3) is 0 Å². The van der Waals surface area contributed by atoms with Crippen LogP contribution >= 0.6 is 23.4 Å². The molecule has 94 valence electrons. The molecule has 4 heteroatoms. The lowest BCUT2D eigenvalue weighted by Crippen LogP contribution is -1.94. The van der Waals surface area contributed by atoms with Crippen LogP contribution in [0.15, 0.2) is 35.6 Å². The number of hydrogen-bond donors (Lipinski definition) is 0. The summed E-state index contributed by atoms with van der Waals surface area (Å²) in [7, 11) is 0. The minimum Gasteiger partial charge on any atom is -0.230 e. The minimum absolute atomic E-state index is 0.569. The van der Waals surface area contributed by atoms with Gasteiger partial charge in [-0.25, -0.2) is 9.97 Å². The molecule has 0 bridgehead atoms. The number of halogens is 1. The Labute approximate surface area is 117 Å². The highest BCUT2D eigenvalue weighted by atomic mass is 35.5.